The Morgan fingerprint density at radius 2 is 1.68 bits per heavy atom. The van der Waals surface area contributed by atoms with Crippen molar-refractivity contribution >= 4 is 28.6 Å². The predicted octanol–water partition coefficient (Wildman–Crippen LogP) is 2.27. The second-order valence-corrected chi connectivity index (χ2v) is 6.06. The van der Waals surface area contributed by atoms with Crippen LogP contribution in [0.2, 0.25) is 0 Å². The van der Waals surface area contributed by atoms with Crippen molar-refractivity contribution in [3.63, 3.8) is 0 Å². The first-order valence-corrected chi connectivity index (χ1v) is 8.33. The minimum absolute atomic E-state index is 0.00230. The number of anilines is 2. The Kier molecular flexibility index (Phi) is 4.20. The molecule has 0 radical (unpaired) electrons. The zero-order chi connectivity index (χ0) is 17.1. The summed E-state index contributed by atoms with van der Waals surface area (Å²) in [6.07, 6.45) is 8.36. The summed E-state index contributed by atoms with van der Waals surface area (Å²) in [6, 6.07) is 7.39. The van der Waals surface area contributed by atoms with Crippen LogP contribution in [0.5, 0.6) is 0 Å². The molecular formula is C18H18N6O. The Morgan fingerprint density at radius 1 is 0.960 bits per heavy atom. The van der Waals surface area contributed by atoms with E-state index in [1.807, 2.05) is 18.2 Å². The van der Waals surface area contributed by atoms with E-state index in [1.54, 1.807) is 30.9 Å². The molecule has 0 bridgehead atoms. The SMILES string of the molecule is O=C(Nc1ccc2nccnc2c1)C1CCN(c2ncccn2)CC1. The van der Waals surface area contributed by atoms with Gasteiger partial charge in [-0.05, 0) is 37.1 Å². The maximum absolute atomic E-state index is 12.5. The van der Waals surface area contributed by atoms with Gasteiger partial charge in [0.2, 0.25) is 11.9 Å². The lowest BCUT2D eigenvalue weighted by Crippen LogP contribution is -2.39. The number of hydrogen-bond acceptors (Lipinski definition) is 6. The smallest absolute Gasteiger partial charge is 0.227 e. The van der Waals surface area contributed by atoms with E-state index >= 15 is 0 Å². The van der Waals surface area contributed by atoms with Crippen molar-refractivity contribution in [1.82, 2.24) is 19.9 Å². The molecule has 3 aromatic rings. The largest absolute Gasteiger partial charge is 0.341 e. The Morgan fingerprint density at radius 3 is 2.44 bits per heavy atom. The van der Waals surface area contributed by atoms with E-state index in [4.69, 9.17) is 0 Å². The topological polar surface area (TPSA) is 83.9 Å². The van der Waals surface area contributed by atoms with Crippen LogP contribution in [-0.2, 0) is 4.79 Å². The third kappa shape index (κ3) is 3.40. The summed E-state index contributed by atoms with van der Waals surface area (Å²) in [5.74, 6) is 0.781. The second kappa shape index (κ2) is 6.80. The molecule has 0 unspecified atom stereocenters. The van der Waals surface area contributed by atoms with E-state index in [-0.39, 0.29) is 11.8 Å². The molecule has 1 fully saturated rings. The zero-order valence-electron chi connectivity index (χ0n) is 13.7. The van der Waals surface area contributed by atoms with Crippen LogP contribution in [0.15, 0.2) is 49.1 Å². The van der Waals surface area contributed by atoms with Gasteiger partial charge in [-0.25, -0.2) is 9.97 Å². The molecule has 0 atom stereocenters. The number of fused-ring (bicyclic) bond motifs is 1. The van der Waals surface area contributed by atoms with E-state index in [0.29, 0.717) is 0 Å². The summed E-state index contributed by atoms with van der Waals surface area (Å²) in [5, 5.41) is 3.00. The Hall–Kier alpha value is -3.09. The molecule has 25 heavy (non-hydrogen) atoms. The normalized spacial score (nSPS) is 15.3. The van der Waals surface area contributed by atoms with Gasteiger partial charge in [-0.3, -0.25) is 14.8 Å². The van der Waals surface area contributed by atoms with Crippen molar-refractivity contribution < 1.29 is 4.79 Å². The number of hydrogen-bond donors (Lipinski definition) is 1. The van der Waals surface area contributed by atoms with Crippen LogP contribution in [0.4, 0.5) is 11.6 Å². The Labute approximate surface area is 145 Å². The number of nitrogens with one attached hydrogen (secondary N) is 1. The number of aromatic nitrogens is 4. The fourth-order valence-electron chi connectivity index (χ4n) is 3.08. The van der Waals surface area contributed by atoms with Gasteiger partial charge in [-0.1, -0.05) is 0 Å². The number of carbonyl (C=O) groups is 1. The summed E-state index contributed by atoms with van der Waals surface area (Å²) >= 11 is 0. The highest BCUT2D eigenvalue weighted by molar-refractivity contribution is 5.94. The molecule has 7 nitrogen and oxygen atoms in total. The molecule has 0 aliphatic carbocycles. The molecule has 2 aromatic heterocycles. The van der Waals surface area contributed by atoms with Gasteiger partial charge in [0.15, 0.2) is 0 Å². The van der Waals surface area contributed by atoms with Gasteiger partial charge < -0.3 is 10.2 Å². The molecule has 0 saturated carbocycles. The minimum atomic E-state index is -0.00230. The van der Waals surface area contributed by atoms with E-state index in [9.17, 15) is 4.79 Å². The number of piperidine rings is 1. The summed E-state index contributed by atoms with van der Waals surface area (Å²) in [4.78, 5) is 31.7. The van der Waals surface area contributed by atoms with E-state index < -0.39 is 0 Å². The fourth-order valence-corrected chi connectivity index (χ4v) is 3.08. The Bertz CT molecular complexity index is 877. The van der Waals surface area contributed by atoms with Gasteiger partial charge in [-0.2, -0.15) is 0 Å². The monoisotopic (exact) mass is 334 g/mol. The van der Waals surface area contributed by atoms with Gasteiger partial charge in [0, 0.05) is 49.5 Å². The highest BCUT2D eigenvalue weighted by Crippen LogP contribution is 2.22. The van der Waals surface area contributed by atoms with Gasteiger partial charge in [0.1, 0.15) is 0 Å². The molecule has 126 valence electrons. The maximum atomic E-state index is 12.5. The van der Waals surface area contributed by atoms with Crippen LogP contribution in [0.1, 0.15) is 12.8 Å². The fraction of sp³-hybridized carbons (Fsp3) is 0.278. The third-order valence-electron chi connectivity index (χ3n) is 4.44. The van der Waals surface area contributed by atoms with Crippen LogP contribution >= 0.6 is 0 Å². The lowest BCUT2D eigenvalue weighted by Gasteiger charge is -2.31. The van der Waals surface area contributed by atoms with Gasteiger partial charge in [-0.15, -0.1) is 0 Å². The molecule has 1 amide bonds. The molecule has 0 spiro atoms. The van der Waals surface area contributed by atoms with Crippen molar-refractivity contribution in [3.8, 4) is 0 Å². The first-order valence-electron chi connectivity index (χ1n) is 8.33. The van der Waals surface area contributed by atoms with E-state index in [2.05, 4.69) is 30.2 Å². The van der Waals surface area contributed by atoms with Crippen LogP contribution in [0.25, 0.3) is 11.0 Å². The van der Waals surface area contributed by atoms with Crippen molar-refractivity contribution in [3.05, 3.63) is 49.1 Å². The first-order chi connectivity index (χ1) is 12.3. The molecular weight excluding hydrogens is 316 g/mol. The number of carbonyl (C=O) groups excluding carboxylic acids is 1. The second-order valence-electron chi connectivity index (χ2n) is 6.06. The van der Waals surface area contributed by atoms with Crippen molar-refractivity contribution in [2.45, 2.75) is 12.8 Å². The number of nitrogens with zero attached hydrogens (tertiary/aromatic N) is 5. The van der Waals surface area contributed by atoms with Crippen LogP contribution in [0.3, 0.4) is 0 Å². The molecule has 4 rings (SSSR count). The third-order valence-corrected chi connectivity index (χ3v) is 4.44. The van der Waals surface area contributed by atoms with Crippen molar-refractivity contribution in [1.29, 1.82) is 0 Å². The van der Waals surface area contributed by atoms with Crippen molar-refractivity contribution in [2.75, 3.05) is 23.3 Å². The van der Waals surface area contributed by atoms with Crippen LogP contribution in [-0.4, -0.2) is 38.9 Å². The average Bonchev–Trinajstić information content (AvgIpc) is 2.69. The van der Waals surface area contributed by atoms with Gasteiger partial charge >= 0.3 is 0 Å². The van der Waals surface area contributed by atoms with E-state index in [1.165, 1.54) is 0 Å². The first kappa shape index (κ1) is 15.4. The van der Waals surface area contributed by atoms with Crippen molar-refractivity contribution in [2.24, 2.45) is 5.92 Å². The molecule has 7 heteroatoms. The number of benzene rings is 1. The maximum Gasteiger partial charge on any atom is 0.227 e. The summed E-state index contributed by atoms with van der Waals surface area (Å²) < 4.78 is 0. The van der Waals surface area contributed by atoms with Gasteiger partial charge in [0.05, 0.1) is 11.0 Å². The van der Waals surface area contributed by atoms with E-state index in [0.717, 1.165) is 48.6 Å². The standard InChI is InChI=1S/C18H18N6O/c25-17(23-14-2-3-15-16(12-14)20-9-8-19-15)13-4-10-24(11-5-13)18-21-6-1-7-22-18/h1-3,6-9,12-13H,4-5,10-11H2,(H,23,25). The molecule has 1 aliphatic heterocycles. The Balaban J connectivity index is 1.38. The highest BCUT2D eigenvalue weighted by atomic mass is 16.1. The lowest BCUT2D eigenvalue weighted by molar-refractivity contribution is -0.120. The summed E-state index contributed by atoms with van der Waals surface area (Å²) in [6.45, 7) is 1.57. The van der Waals surface area contributed by atoms with Crippen LogP contribution < -0.4 is 10.2 Å². The number of amides is 1. The molecule has 1 saturated heterocycles. The lowest BCUT2D eigenvalue weighted by atomic mass is 9.96. The molecule has 1 aliphatic rings. The quantitative estimate of drug-likeness (QED) is 0.791. The predicted molar refractivity (Wildman–Crippen MR) is 95.1 cm³/mol. The van der Waals surface area contributed by atoms with Gasteiger partial charge in [0.25, 0.3) is 0 Å². The summed E-state index contributed by atoms with van der Waals surface area (Å²) in [5.41, 5.74) is 2.35. The average molecular weight is 334 g/mol. The minimum Gasteiger partial charge on any atom is -0.341 e. The molecule has 1 aromatic carbocycles. The number of rotatable bonds is 3. The highest BCUT2D eigenvalue weighted by Gasteiger charge is 2.26. The van der Waals surface area contributed by atoms with Crippen LogP contribution in [0, 0.1) is 5.92 Å². The summed E-state index contributed by atoms with van der Waals surface area (Å²) in [7, 11) is 0. The molecule has 1 N–H and O–H groups in total. The molecule has 3 heterocycles. The zero-order valence-corrected chi connectivity index (χ0v) is 13.7.